The maximum atomic E-state index is 5.01. The fourth-order valence-electron chi connectivity index (χ4n) is 5.86. The largest absolute Gasteiger partial charge is 0.355 e. The predicted molar refractivity (Wildman–Crippen MR) is 133 cm³/mol. The Morgan fingerprint density at radius 3 is 2.47 bits per heavy atom. The van der Waals surface area contributed by atoms with E-state index in [2.05, 4.69) is 42.5 Å². The molecule has 178 valence electrons. The summed E-state index contributed by atoms with van der Waals surface area (Å²) in [6, 6.07) is 4.68. The van der Waals surface area contributed by atoms with Crippen molar-refractivity contribution in [2.24, 2.45) is 5.41 Å². The maximum Gasteiger partial charge on any atom is 0.229 e. The van der Waals surface area contributed by atoms with E-state index in [1.165, 1.54) is 25.7 Å². The molecule has 3 aliphatic heterocycles. The van der Waals surface area contributed by atoms with Gasteiger partial charge in [-0.3, -0.25) is 0 Å². The van der Waals surface area contributed by atoms with E-state index in [0.717, 1.165) is 86.8 Å². The molecule has 4 fully saturated rings. The molecule has 10 nitrogen and oxygen atoms in total. The smallest absolute Gasteiger partial charge is 0.229 e. The van der Waals surface area contributed by atoms with Crippen LogP contribution in [0.1, 0.15) is 31.7 Å². The van der Waals surface area contributed by atoms with Gasteiger partial charge in [0.25, 0.3) is 0 Å². The van der Waals surface area contributed by atoms with E-state index in [9.17, 15) is 0 Å². The Balaban J connectivity index is 1.18. The van der Waals surface area contributed by atoms with Gasteiger partial charge >= 0.3 is 0 Å². The quantitative estimate of drug-likeness (QED) is 0.527. The highest BCUT2D eigenvalue weighted by molar-refractivity contribution is 5.86. The second-order valence-corrected chi connectivity index (χ2v) is 10.4. The van der Waals surface area contributed by atoms with Crippen molar-refractivity contribution in [2.75, 3.05) is 67.5 Å². The molecule has 3 N–H and O–H groups in total. The van der Waals surface area contributed by atoms with E-state index >= 15 is 0 Å². The van der Waals surface area contributed by atoms with Crippen LogP contribution < -0.4 is 25.8 Å². The Morgan fingerprint density at radius 1 is 0.941 bits per heavy atom. The van der Waals surface area contributed by atoms with Crippen LogP contribution in [0.2, 0.25) is 0 Å². The van der Waals surface area contributed by atoms with Crippen LogP contribution in [-0.2, 0) is 0 Å². The molecule has 0 bridgehead atoms. The normalized spacial score (nSPS) is 22.2. The zero-order chi connectivity index (χ0) is 22.5. The summed E-state index contributed by atoms with van der Waals surface area (Å²) in [5, 5.41) is 10.3. The number of fused-ring (bicyclic) bond motifs is 1. The van der Waals surface area contributed by atoms with Gasteiger partial charge in [0.05, 0.1) is 18.2 Å². The van der Waals surface area contributed by atoms with Gasteiger partial charge in [-0.15, -0.1) is 0 Å². The minimum atomic E-state index is 0.482. The highest BCUT2D eigenvalue weighted by Crippen LogP contribution is 2.37. The molecule has 0 unspecified atom stereocenters. The third-order valence-corrected chi connectivity index (χ3v) is 7.91. The van der Waals surface area contributed by atoms with E-state index in [-0.39, 0.29) is 0 Å². The van der Waals surface area contributed by atoms with E-state index in [4.69, 9.17) is 19.9 Å². The van der Waals surface area contributed by atoms with Crippen LogP contribution >= 0.6 is 0 Å². The monoisotopic (exact) mass is 460 g/mol. The minimum Gasteiger partial charge on any atom is -0.355 e. The summed E-state index contributed by atoms with van der Waals surface area (Å²) >= 11 is 0. The number of hydrogen-bond donors (Lipinski definition) is 3. The Bertz CT molecular complexity index is 1160. The van der Waals surface area contributed by atoms with Gasteiger partial charge < -0.3 is 30.3 Å². The number of piperazine rings is 1. The molecule has 3 saturated heterocycles. The number of hydrogen-bond acceptors (Lipinski definition) is 9. The molecule has 6 heterocycles. The molecule has 1 aliphatic carbocycles. The molecular weight excluding hydrogens is 428 g/mol. The van der Waals surface area contributed by atoms with Crippen LogP contribution in [0.4, 0.5) is 23.3 Å². The third kappa shape index (κ3) is 3.47. The summed E-state index contributed by atoms with van der Waals surface area (Å²) in [4.78, 5) is 24.1. The molecule has 10 heteroatoms. The first kappa shape index (κ1) is 20.4. The molecule has 1 saturated carbocycles. The molecule has 7 rings (SSSR count). The van der Waals surface area contributed by atoms with Crippen molar-refractivity contribution in [3.8, 4) is 0 Å². The number of pyridine rings is 1. The number of nitrogens with one attached hydrogen (secondary N) is 3. The van der Waals surface area contributed by atoms with Crippen molar-refractivity contribution in [1.82, 2.24) is 35.1 Å². The molecule has 0 aromatic carbocycles. The second-order valence-electron chi connectivity index (χ2n) is 10.4. The predicted octanol–water partition coefficient (Wildman–Crippen LogP) is 1.90. The van der Waals surface area contributed by atoms with Gasteiger partial charge in [0.1, 0.15) is 5.82 Å². The van der Waals surface area contributed by atoms with Crippen LogP contribution in [0, 0.1) is 5.41 Å². The molecule has 3 aromatic rings. The SMILES string of the molecule is c1cc(N2CC3(CNC3)C2)ncc1Nc1nc(N2CCNCC2)nc2c1ncn2C1CCCC1. The topological polar surface area (TPSA) is 99.1 Å². The summed E-state index contributed by atoms with van der Waals surface area (Å²) < 4.78 is 2.28. The Labute approximate surface area is 199 Å². The lowest BCUT2D eigenvalue weighted by Gasteiger charge is -2.56. The maximum absolute atomic E-state index is 5.01. The highest BCUT2D eigenvalue weighted by atomic mass is 15.3. The van der Waals surface area contributed by atoms with Crippen LogP contribution in [0.15, 0.2) is 24.7 Å². The highest BCUT2D eigenvalue weighted by Gasteiger charge is 2.47. The van der Waals surface area contributed by atoms with Gasteiger partial charge in [-0.1, -0.05) is 12.8 Å². The van der Waals surface area contributed by atoms with Crippen molar-refractivity contribution >= 4 is 34.4 Å². The van der Waals surface area contributed by atoms with Crippen molar-refractivity contribution in [3.05, 3.63) is 24.7 Å². The summed E-state index contributed by atoms with van der Waals surface area (Å²) in [5.41, 5.74) is 3.18. The summed E-state index contributed by atoms with van der Waals surface area (Å²) in [6.45, 7) is 8.18. The Hall–Kier alpha value is -2.98. The molecule has 1 spiro atoms. The van der Waals surface area contributed by atoms with Gasteiger partial charge in [-0.05, 0) is 25.0 Å². The van der Waals surface area contributed by atoms with Gasteiger partial charge in [-0.25, -0.2) is 9.97 Å². The first-order chi connectivity index (χ1) is 16.8. The number of aromatic nitrogens is 5. The van der Waals surface area contributed by atoms with Crippen molar-refractivity contribution in [2.45, 2.75) is 31.7 Å². The van der Waals surface area contributed by atoms with E-state index in [1.807, 2.05) is 12.5 Å². The zero-order valence-electron chi connectivity index (χ0n) is 19.5. The van der Waals surface area contributed by atoms with Crippen molar-refractivity contribution in [3.63, 3.8) is 0 Å². The molecule has 0 amide bonds. The minimum absolute atomic E-state index is 0.482. The average molecular weight is 461 g/mol. The fraction of sp³-hybridized carbons (Fsp3) is 0.583. The standard InChI is InChI=1S/C24H32N10/c1-2-4-18(3-1)34-16-28-20-21(30-23(31-22(20)34)32-9-7-25-8-10-32)29-17-5-6-19(27-11-17)33-14-24(15-33)12-26-13-24/h5-6,11,16,18,25-26H,1-4,7-10,12-15H2,(H,29,30,31). The van der Waals surface area contributed by atoms with Gasteiger partial charge in [-0.2, -0.15) is 9.97 Å². The Kier molecular flexibility index (Phi) is 4.83. The van der Waals surface area contributed by atoms with Crippen LogP contribution in [0.3, 0.4) is 0 Å². The zero-order valence-corrected chi connectivity index (χ0v) is 19.5. The number of imidazole rings is 1. The van der Waals surface area contributed by atoms with Gasteiger partial charge in [0.15, 0.2) is 17.0 Å². The molecular formula is C24H32N10. The van der Waals surface area contributed by atoms with Gasteiger partial charge in [0, 0.05) is 63.8 Å². The number of nitrogens with zero attached hydrogens (tertiary/aromatic N) is 7. The number of anilines is 4. The van der Waals surface area contributed by atoms with Crippen molar-refractivity contribution in [1.29, 1.82) is 0 Å². The average Bonchev–Trinajstić information content (AvgIpc) is 3.49. The van der Waals surface area contributed by atoms with Crippen LogP contribution in [0.25, 0.3) is 11.2 Å². The van der Waals surface area contributed by atoms with Gasteiger partial charge in [0.2, 0.25) is 5.95 Å². The third-order valence-electron chi connectivity index (χ3n) is 7.91. The summed E-state index contributed by atoms with van der Waals surface area (Å²) in [5.74, 6) is 2.58. The van der Waals surface area contributed by atoms with E-state index in [0.29, 0.717) is 11.5 Å². The lowest BCUT2D eigenvalue weighted by Crippen LogP contribution is -2.71. The lowest BCUT2D eigenvalue weighted by molar-refractivity contribution is 0.120. The molecule has 3 aromatic heterocycles. The van der Waals surface area contributed by atoms with E-state index in [1.54, 1.807) is 0 Å². The first-order valence-electron chi connectivity index (χ1n) is 12.7. The second kappa shape index (κ2) is 8.06. The summed E-state index contributed by atoms with van der Waals surface area (Å²) in [6.07, 6.45) is 8.81. The lowest BCUT2D eigenvalue weighted by atomic mass is 9.74. The molecule has 34 heavy (non-hydrogen) atoms. The summed E-state index contributed by atoms with van der Waals surface area (Å²) in [7, 11) is 0. The van der Waals surface area contributed by atoms with Crippen LogP contribution in [0.5, 0.6) is 0 Å². The Morgan fingerprint density at radius 2 is 1.76 bits per heavy atom. The first-order valence-corrected chi connectivity index (χ1v) is 12.7. The fourth-order valence-corrected chi connectivity index (χ4v) is 5.86. The molecule has 0 atom stereocenters. The molecule has 0 radical (unpaired) electrons. The van der Waals surface area contributed by atoms with Crippen molar-refractivity contribution < 1.29 is 0 Å². The van der Waals surface area contributed by atoms with Crippen LogP contribution in [-0.4, -0.2) is 76.9 Å². The van der Waals surface area contributed by atoms with E-state index < -0.39 is 0 Å². The molecule has 4 aliphatic rings. The number of rotatable bonds is 5.